The molecule has 2 unspecified atom stereocenters. The molecule has 1 saturated carbocycles. The Morgan fingerprint density at radius 1 is 1.27 bits per heavy atom. The van der Waals surface area contributed by atoms with Gasteiger partial charge < -0.3 is 5.32 Å². The van der Waals surface area contributed by atoms with Crippen LogP contribution in [0.4, 0.5) is 0 Å². The summed E-state index contributed by atoms with van der Waals surface area (Å²) in [5.74, 6) is 3.66. The van der Waals surface area contributed by atoms with Crippen molar-refractivity contribution in [2.45, 2.75) is 57.9 Å². The van der Waals surface area contributed by atoms with E-state index in [4.69, 9.17) is 0 Å². The molecule has 1 nitrogen and oxygen atoms in total. The summed E-state index contributed by atoms with van der Waals surface area (Å²) in [5, 5.41) is 3.47. The van der Waals surface area contributed by atoms with Crippen LogP contribution < -0.4 is 5.32 Å². The first-order valence-corrected chi connectivity index (χ1v) is 7.77. The third kappa shape index (κ3) is 5.82. The Balaban J connectivity index is 2.15. The molecular formula is C13H27NS. The Morgan fingerprint density at radius 2 is 2.07 bits per heavy atom. The van der Waals surface area contributed by atoms with Crippen molar-refractivity contribution in [1.29, 1.82) is 0 Å². The Morgan fingerprint density at radius 3 is 2.80 bits per heavy atom. The quantitative estimate of drug-likeness (QED) is 0.551. The van der Waals surface area contributed by atoms with Crippen molar-refractivity contribution in [2.75, 3.05) is 18.6 Å². The van der Waals surface area contributed by atoms with E-state index in [1.807, 2.05) is 0 Å². The van der Waals surface area contributed by atoms with Crippen molar-refractivity contribution >= 4 is 11.8 Å². The molecule has 0 bridgehead atoms. The lowest BCUT2D eigenvalue weighted by molar-refractivity contribution is 0.379. The van der Waals surface area contributed by atoms with E-state index in [1.165, 1.54) is 56.5 Å². The molecule has 2 atom stereocenters. The molecule has 0 saturated heterocycles. The summed E-state index contributed by atoms with van der Waals surface area (Å²) >= 11 is 2.09. The first-order valence-electron chi connectivity index (χ1n) is 6.61. The molecule has 0 amide bonds. The normalized spacial score (nSPS) is 27.6. The van der Waals surface area contributed by atoms with Crippen molar-refractivity contribution in [3.05, 3.63) is 0 Å². The molecule has 1 fully saturated rings. The number of hydrogen-bond acceptors (Lipinski definition) is 2. The summed E-state index contributed by atoms with van der Waals surface area (Å²) < 4.78 is 0. The minimum atomic E-state index is 0.802. The summed E-state index contributed by atoms with van der Waals surface area (Å²) in [6.07, 6.45) is 10.1. The number of nitrogens with one attached hydrogen (secondary N) is 1. The third-order valence-corrected chi connectivity index (χ3v) is 4.53. The highest BCUT2D eigenvalue weighted by atomic mass is 32.2. The summed E-state index contributed by atoms with van der Waals surface area (Å²) in [4.78, 5) is 0. The predicted octanol–water partition coefficient (Wildman–Crippen LogP) is 3.69. The summed E-state index contributed by atoms with van der Waals surface area (Å²) in [6.45, 7) is 2.26. The second-order valence-corrected chi connectivity index (χ2v) is 6.10. The van der Waals surface area contributed by atoms with Crippen molar-refractivity contribution in [3.63, 3.8) is 0 Å². The Kier molecular flexibility index (Phi) is 7.54. The highest BCUT2D eigenvalue weighted by molar-refractivity contribution is 7.99. The van der Waals surface area contributed by atoms with Gasteiger partial charge in [-0.05, 0) is 50.2 Å². The smallest absolute Gasteiger partial charge is 0.00667 e. The molecule has 90 valence electrons. The van der Waals surface area contributed by atoms with Gasteiger partial charge in [0.25, 0.3) is 0 Å². The zero-order valence-corrected chi connectivity index (χ0v) is 11.2. The highest BCUT2D eigenvalue weighted by Crippen LogP contribution is 2.27. The van der Waals surface area contributed by atoms with Gasteiger partial charge in [-0.1, -0.05) is 26.2 Å². The molecule has 1 aliphatic carbocycles. The minimum Gasteiger partial charge on any atom is -0.317 e. The number of rotatable bonds is 6. The van der Waals surface area contributed by atoms with Gasteiger partial charge in [-0.25, -0.2) is 0 Å². The van der Waals surface area contributed by atoms with Gasteiger partial charge in [-0.15, -0.1) is 0 Å². The molecule has 0 aliphatic heterocycles. The lowest BCUT2D eigenvalue weighted by Crippen LogP contribution is -2.26. The van der Waals surface area contributed by atoms with E-state index in [0.717, 1.165) is 12.0 Å². The van der Waals surface area contributed by atoms with Crippen LogP contribution in [-0.2, 0) is 0 Å². The Hall–Kier alpha value is 0.310. The van der Waals surface area contributed by atoms with Gasteiger partial charge in [0.15, 0.2) is 0 Å². The van der Waals surface area contributed by atoms with Gasteiger partial charge in [-0.3, -0.25) is 0 Å². The van der Waals surface area contributed by atoms with Crippen LogP contribution in [0.15, 0.2) is 0 Å². The Labute approximate surface area is 99.8 Å². The molecule has 1 aliphatic rings. The lowest BCUT2D eigenvalue weighted by atomic mass is 9.93. The average molecular weight is 229 g/mol. The highest BCUT2D eigenvalue weighted by Gasteiger charge is 2.18. The van der Waals surface area contributed by atoms with Gasteiger partial charge in [0.1, 0.15) is 0 Å². The molecule has 1 rings (SSSR count). The maximum atomic E-state index is 3.47. The van der Waals surface area contributed by atoms with E-state index in [0.29, 0.717) is 0 Å². The van der Waals surface area contributed by atoms with Gasteiger partial charge >= 0.3 is 0 Å². The van der Waals surface area contributed by atoms with E-state index in [2.05, 4.69) is 31.1 Å². The second-order valence-electron chi connectivity index (χ2n) is 4.71. The van der Waals surface area contributed by atoms with Crippen LogP contribution in [0.25, 0.3) is 0 Å². The summed E-state index contributed by atoms with van der Waals surface area (Å²) in [5.41, 5.74) is 0. The van der Waals surface area contributed by atoms with E-state index >= 15 is 0 Å². The van der Waals surface area contributed by atoms with E-state index < -0.39 is 0 Å². The topological polar surface area (TPSA) is 12.0 Å². The first kappa shape index (κ1) is 13.4. The maximum absolute atomic E-state index is 3.47. The van der Waals surface area contributed by atoms with Crippen LogP contribution in [0.3, 0.4) is 0 Å². The fraction of sp³-hybridized carbons (Fsp3) is 1.00. The molecule has 0 spiro atoms. The molecule has 0 radical (unpaired) electrons. The van der Waals surface area contributed by atoms with E-state index in [1.54, 1.807) is 0 Å². The van der Waals surface area contributed by atoms with Gasteiger partial charge in [-0.2, -0.15) is 11.8 Å². The van der Waals surface area contributed by atoms with Crippen LogP contribution in [-0.4, -0.2) is 24.6 Å². The van der Waals surface area contributed by atoms with Crippen LogP contribution in [0.2, 0.25) is 0 Å². The SMILES string of the molecule is CCSCCCC1CCCCC(NC)C1. The number of hydrogen-bond donors (Lipinski definition) is 1. The Bertz CT molecular complexity index is 149. The largest absolute Gasteiger partial charge is 0.317 e. The standard InChI is InChI=1S/C13H27NS/c1-3-15-10-6-8-12-7-4-5-9-13(11-12)14-2/h12-14H,3-11H2,1-2H3. The van der Waals surface area contributed by atoms with Gasteiger partial charge in [0, 0.05) is 6.04 Å². The molecule has 0 aromatic carbocycles. The molecule has 0 aromatic heterocycles. The summed E-state index contributed by atoms with van der Waals surface area (Å²) in [7, 11) is 2.12. The zero-order chi connectivity index (χ0) is 10.9. The lowest BCUT2D eigenvalue weighted by Gasteiger charge is -2.19. The fourth-order valence-corrected chi connectivity index (χ4v) is 3.26. The van der Waals surface area contributed by atoms with E-state index in [-0.39, 0.29) is 0 Å². The van der Waals surface area contributed by atoms with Crippen LogP contribution in [0.1, 0.15) is 51.9 Å². The van der Waals surface area contributed by atoms with Crippen molar-refractivity contribution in [3.8, 4) is 0 Å². The third-order valence-electron chi connectivity index (χ3n) is 3.55. The fourth-order valence-electron chi connectivity index (χ4n) is 2.60. The van der Waals surface area contributed by atoms with Crippen molar-refractivity contribution in [1.82, 2.24) is 5.32 Å². The molecule has 0 aromatic rings. The maximum Gasteiger partial charge on any atom is 0.00667 e. The van der Waals surface area contributed by atoms with E-state index in [9.17, 15) is 0 Å². The van der Waals surface area contributed by atoms with Crippen LogP contribution >= 0.6 is 11.8 Å². The zero-order valence-electron chi connectivity index (χ0n) is 10.4. The number of thioether (sulfide) groups is 1. The van der Waals surface area contributed by atoms with Gasteiger partial charge in [0.2, 0.25) is 0 Å². The first-order chi connectivity index (χ1) is 7.36. The molecule has 1 N–H and O–H groups in total. The van der Waals surface area contributed by atoms with Crippen LogP contribution in [0.5, 0.6) is 0 Å². The monoisotopic (exact) mass is 229 g/mol. The minimum absolute atomic E-state index is 0.802. The summed E-state index contributed by atoms with van der Waals surface area (Å²) in [6, 6.07) is 0.802. The van der Waals surface area contributed by atoms with Crippen molar-refractivity contribution in [2.24, 2.45) is 5.92 Å². The van der Waals surface area contributed by atoms with Gasteiger partial charge in [0.05, 0.1) is 0 Å². The predicted molar refractivity (Wildman–Crippen MR) is 71.7 cm³/mol. The molecule has 0 heterocycles. The average Bonchev–Trinajstić information content (AvgIpc) is 2.49. The molecular weight excluding hydrogens is 202 g/mol. The van der Waals surface area contributed by atoms with Crippen molar-refractivity contribution < 1.29 is 0 Å². The van der Waals surface area contributed by atoms with Crippen LogP contribution in [0, 0.1) is 5.92 Å². The second kappa shape index (κ2) is 8.46. The molecule has 2 heteroatoms. The molecule has 15 heavy (non-hydrogen) atoms.